The summed E-state index contributed by atoms with van der Waals surface area (Å²) in [6.07, 6.45) is 6.47. The molecule has 0 aromatic heterocycles. The Morgan fingerprint density at radius 2 is 1.84 bits per heavy atom. The molecular formula is C25H38N2O4. The Morgan fingerprint density at radius 1 is 1.13 bits per heavy atom. The van der Waals surface area contributed by atoms with Crippen molar-refractivity contribution in [3.63, 3.8) is 0 Å². The van der Waals surface area contributed by atoms with Crippen LogP contribution in [0.1, 0.15) is 71.8 Å². The van der Waals surface area contributed by atoms with Gasteiger partial charge >= 0.3 is 0 Å². The molecule has 4 fully saturated rings. The highest BCUT2D eigenvalue weighted by Gasteiger charge is 2.56. The van der Waals surface area contributed by atoms with Gasteiger partial charge in [0, 0.05) is 17.6 Å². The van der Waals surface area contributed by atoms with E-state index in [1.54, 1.807) is 0 Å². The van der Waals surface area contributed by atoms with Crippen molar-refractivity contribution in [2.45, 2.75) is 89.4 Å². The van der Waals surface area contributed by atoms with Crippen LogP contribution in [0.4, 0.5) is 0 Å². The van der Waals surface area contributed by atoms with Crippen molar-refractivity contribution in [2.24, 2.45) is 11.8 Å². The van der Waals surface area contributed by atoms with Crippen LogP contribution in [0.3, 0.4) is 0 Å². The second-order valence-electron chi connectivity index (χ2n) is 11.1. The second-order valence-corrected chi connectivity index (χ2v) is 11.1. The van der Waals surface area contributed by atoms with Crippen LogP contribution in [0.5, 0.6) is 11.5 Å². The maximum atomic E-state index is 12.1. The first-order valence-electron chi connectivity index (χ1n) is 11.7. The third-order valence-corrected chi connectivity index (χ3v) is 6.88. The number of carbonyl (C=O) groups excluding carboxylic acids is 1. The van der Waals surface area contributed by atoms with Gasteiger partial charge in [0.25, 0.3) is 5.91 Å². The molecule has 0 aliphatic heterocycles. The van der Waals surface area contributed by atoms with Crippen molar-refractivity contribution in [1.29, 1.82) is 0 Å². The van der Waals surface area contributed by atoms with Gasteiger partial charge < -0.3 is 25.2 Å². The summed E-state index contributed by atoms with van der Waals surface area (Å²) in [4.78, 5) is 12.1. The van der Waals surface area contributed by atoms with Crippen molar-refractivity contribution in [3.05, 3.63) is 23.8 Å². The largest absolute Gasteiger partial charge is 0.490 e. The van der Waals surface area contributed by atoms with Crippen molar-refractivity contribution < 1.29 is 19.4 Å². The smallest absolute Gasteiger partial charge is 0.258 e. The summed E-state index contributed by atoms with van der Waals surface area (Å²) in [5, 5.41) is 17.7. The molecule has 0 radical (unpaired) electrons. The summed E-state index contributed by atoms with van der Waals surface area (Å²) < 4.78 is 11.6. The van der Waals surface area contributed by atoms with Crippen LogP contribution < -0.4 is 20.1 Å². The molecule has 5 rings (SSSR count). The van der Waals surface area contributed by atoms with E-state index in [1.165, 1.54) is 19.3 Å². The molecule has 3 N–H and O–H groups in total. The summed E-state index contributed by atoms with van der Waals surface area (Å²) in [6, 6.07) is 5.92. The van der Waals surface area contributed by atoms with Gasteiger partial charge in [-0.3, -0.25) is 4.79 Å². The number of carbonyl (C=O) groups is 1. The van der Waals surface area contributed by atoms with E-state index in [1.807, 2.05) is 45.9 Å². The Kier molecular flexibility index (Phi) is 5.99. The van der Waals surface area contributed by atoms with E-state index < -0.39 is 5.60 Å². The highest BCUT2D eigenvalue weighted by molar-refractivity contribution is 5.78. The molecule has 0 heterocycles. The number of hydrogen-bond acceptors (Lipinski definition) is 5. The van der Waals surface area contributed by atoms with E-state index in [-0.39, 0.29) is 23.6 Å². The number of hydrogen-bond donors (Lipinski definition) is 3. The third-order valence-electron chi connectivity index (χ3n) is 6.88. The minimum Gasteiger partial charge on any atom is -0.490 e. The van der Waals surface area contributed by atoms with Gasteiger partial charge in [0.1, 0.15) is 0 Å². The molecule has 1 aromatic carbocycles. The minimum atomic E-state index is -0.459. The van der Waals surface area contributed by atoms with Crippen LogP contribution in [-0.4, -0.2) is 40.9 Å². The molecular weight excluding hydrogens is 392 g/mol. The predicted octanol–water partition coefficient (Wildman–Crippen LogP) is 3.55. The first kappa shape index (κ1) is 22.4. The summed E-state index contributed by atoms with van der Waals surface area (Å²) >= 11 is 0. The van der Waals surface area contributed by atoms with Gasteiger partial charge in [-0.25, -0.2) is 0 Å². The molecule has 6 nitrogen and oxygen atoms in total. The lowest BCUT2D eigenvalue weighted by Gasteiger charge is -2.60. The van der Waals surface area contributed by atoms with Crippen LogP contribution in [-0.2, 0) is 11.3 Å². The van der Waals surface area contributed by atoms with Gasteiger partial charge in [0.15, 0.2) is 18.1 Å². The number of nitrogens with one attached hydrogen (secondary N) is 2. The minimum absolute atomic E-state index is 0.0423. The summed E-state index contributed by atoms with van der Waals surface area (Å²) in [5.74, 6) is 2.41. The van der Waals surface area contributed by atoms with E-state index in [9.17, 15) is 9.90 Å². The summed E-state index contributed by atoms with van der Waals surface area (Å²) in [5.41, 5.74) is 0.435. The lowest BCUT2D eigenvalue weighted by molar-refractivity contribution is -0.142. The molecule has 4 aliphatic carbocycles. The molecule has 0 saturated heterocycles. The lowest BCUT2D eigenvalue weighted by Crippen LogP contribution is -2.64. The second kappa shape index (κ2) is 8.28. The molecule has 31 heavy (non-hydrogen) atoms. The maximum Gasteiger partial charge on any atom is 0.258 e. The van der Waals surface area contributed by atoms with Gasteiger partial charge in [-0.05, 0) is 95.8 Å². The normalized spacial score (nSPS) is 31.5. The average Bonchev–Trinajstić information content (AvgIpc) is 2.62. The fourth-order valence-electron chi connectivity index (χ4n) is 6.36. The van der Waals surface area contributed by atoms with Gasteiger partial charge in [-0.1, -0.05) is 6.07 Å². The zero-order chi connectivity index (χ0) is 22.3. The number of ether oxygens (including phenoxy) is 2. The highest BCUT2D eigenvalue weighted by atomic mass is 16.5. The molecule has 2 atom stereocenters. The molecule has 1 aromatic rings. The molecule has 172 valence electrons. The number of aliphatic hydroxyl groups is 1. The van der Waals surface area contributed by atoms with Crippen LogP contribution in [0.25, 0.3) is 0 Å². The van der Waals surface area contributed by atoms with Gasteiger partial charge in [-0.2, -0.15) is 0 Å². The Hall–Kier alpha value is -1.79. The van der Waals surface area contributed by atoms with Crippen LogP contribution >= 0.6 is 0 Å². The summed E-state index contributed by atoms with van der Waals surface area (Å²) in [7, 11) is 0. The number of rotatable bonds is 8. The van der Waals surface area contributed by atoms with E-state index in [4.69, 9.17) is 9.47 Å². The monoisotopic (exact) mass is 430 g/mol. The SMILES string of the molecule is CCOc1cc(CNC23CC4CC(CC(O)(C4)C2)C3)ccc1OCC(=O)NC(C)(C)C. The zero-order valence-corrected chi connectivity index (χ0v) is 19.4. The number of benzene rings is 1. The quantitative estimate of drug-likeness (QED) is 0.588. The Morgan fingerprint density at radius 3 is 2.45 bits per heavy atom. The van der Waals surface area contributed by atoms with Crippen LogP contribution in [0.15, 0.2) is 18.2 Å². The predicted molar refractivity (Wildman–Crippen MR) is 120 cm³/mol. The molecule has 2 unspecified atom stereocenters. The fourth-order valence-corrected chi connectivity index (χ4v) is 6.36. The zero-order valence-electron chi connectivity index (χ0n) is 19.4. The maximum absolute atomic E-state index is 12.1. The molecule has 4 bridgehead atoms. The van der Waals surface area contributed by atoms with Crippen molar-refractivity contribution in [2.75, 3.05) is 13.2 Å². The fraction of sp³-hybridized carbons (Fsp3) is 0.720. The van der Waals surface area contributed by atoms with Crippen molar-refractivity contribution >= 4 is 5.91 Å². The lowest BCUT2D eigenvalue weighted by atomic mass is 9.51. The van der Waals surface area contributed by atoms with Crippen molar-refractivity contribution in [1.82, 2.24) is 10.6 Å². The summed E-state index contributed by atoms with van der Waals surface area (Å²) in [6.45, 7) is 9.00. The Labute approximate surface area is 186 Å². The van der Waals surface area contributed by atoms with Gasteiger partial charge in [-0.15, -0.1) is 0 Å². The van der Waals surface area contributed by atoms with E-state index >= 15 is 0 Å². The molecule has 1 amide bonds. The van der Waals surface area contributed by atoms with Crippen LogP contribution in [0.2, 0.25) is 0 Å². The van der Waals surface area contributed by atoms with E-state index in [0.29, 0.717) is 29.9 Å². The molecule has 4 aliphatic rings. The first-order valence-corrected chi connectivity index (χ1v) is 11.7. The standard InChI is InChI=1S/C25H38N2O4/c1-5-30-21-9-17(6-7-20(21)31-15-22(28)27-23(2,3)4)14-26-24-10-18-8-19(11-24)13-25(29,12-18)16-24/h6-7,9,18-19,26,29H,5,8,10-16H2,1-4H3,(H,27,28). The first-order chi connectivity index (χ1) is 14.6. The average molecular weight is 431 g/mol. The molecule has 0 spiro atoms. The Bertz CT molecular complexity index is 802. The Balaban J connectivity index is 1.39. The number of amides is 1. The highest BCUT2D eigenvalue weighted by Crippen LogP contribution is 2.57. The van der Waals surface area contributed by atoms with E-state index in [0.717, 1.165) is 31.4 Å². The van der Waals surface area contributed by atoms with Gasteiger partial charge in [0.05, 0.1) is 12.2 Å². The molecule has 6 heteroatoms. The van der Waals surface area contributed by atoms with Gasteiger partial charge in [0.2, 0.25) is 0 Å². The third kappa shape index (κ3) is 5.35. The van der Waals surface area contributed by atoms with Crippen LogP contribution in [0, 0.1) is 11.8 Å². The van der Waals surface area contributed by atoms with Crippen molar-refractivity contribution in [3.8, 4) is 11.5 Å². The molecule has 4 saturated carbocycles. The topological polar surface area (TPSA) is 79.8 Å². The van der Waals surface area contributed by atoms with E-state index in [2.05, 4.69) is 10.6 Å².